The molecule has 0 amide bonds. The fraction of sp³-hybridized carbons (Fsp3) is 0.500. The van der Waals surface area contributed by atoms with Crippen molar-refractivity contribution in [3.63, 3.8) is 0 Å². The summed E-state index contributed by atoms with van der Waals surface area (Å²) in [5.41, 5.74) is 3.47. The van der Waals surface area contributed by atoms with Crippen LogP contribution in [0.25, 0.3) is 0 Å². The van der Waals surface area contributed by atoms with Crippen molar-refractivity contribution in [1.82, 2.24) is 9.55 Å². The van der Waals surface area contributed by atoms with Gasteiger partial charge in [-0.1, -0.05) is 32.0 Å². The predicted octanol–water partition coefficient (Wildman–Crippen LogP) is 4.45. The SMILES string of the molecule is CCOP(=O)(Cc1cccc2c1CC(n1c(C(=O)O)nc(CC)c1CC)C2=O)OCC. The predicted molar refractivity (Wildman–Crippen MR) is 116 cm³/mol. The molecule has 0 spiro atoms. The van der Waals surface area contributed by atoms with Crippen molar-refractivity contribution in [3.05, 3.63) is 52.1 Å². The van der Waals surface area contributed by atoms with Gasteiger partial charge in [-0.2, -0.15) is 0 Å². The van der Waals surface area contributed by atoms with Gasteiger partial charge >= 0.3 is 13.6 Å². The first-order valence-electron chi connectivity index (χ1n) is 10.7. The number of carboxylic acid groups (broad SMARTS) is 1. The summed E-state index contributed by atoms with van der Waals surface area (Å²) in [4.78, 5) is 29.5. The molecule has 1 aromatic heterocycles. The highest BCUT2D eigenvalue weighted by Gasteiger charge is 2.38. The van der Waals surface area contributed by atoms with Crippen LogP contribution in [0, 0.1) is 0 Å². The van der Waals surface area contributed by atoms with Crippen LogP contribution in [0.1, 0.15) is 77.2 Å². The maximum absolute atomic E-state index is 13.3. The summed E-state index contributed by atoms with van der Waals surface area (Å²) in [6.45, 7) is 7.86. The highest BCUT2D eigenvalue weighted by atomic mass is 31.2. The molecule has 1 aliphatic rings. The van der Waals surface area contributed by atoms with Gasteiger partial charge in [-0.05, 0) is 37.8 Å². The van der Waals surface area contributed by atoms with Crippen LogP contribution in [0.5, 0.6) is 0 Å². The average Bonchev–Trinajstić information content (AvgIpc) is 3.26. The Balaban J connectivity index is 2.05. The summed E-state index contributed by atoms with van der Waals surface area (Å²) in [5, 5.41) is 9.72. The van der Waals surface area contributed by atoms with Gasteiger partial charge < -0.3 is 18.7 Å². The molecule has 168 valence electrons. The van der Waals surface area contributed by atoms with Crippen molar-refractivity contribution in [2.24, 2.45) is 0 Å². The van der Waals surface area contributed by atoms with Crippen molar-refractivity contribution < 1.29 is 28.3 Å². The molecular formula is C22H29N2O6P. The van der Waals surface area contributed by atoms with E-state index in [0.29, 0.717) is 30.5 Å². The largest absolute Gasteiger partial charge is 0.475 e. The van der Waals surface area contributed by atoms with E-state index in [1.54, 1.807) is 30.5 Å². The Hall–Kier alpha value is -2.28. The van der Waals surface area contributed by atoms with Crippen LogP contribution >= 0.6 is 7.60 Å². The second kappa shape index (κ2) is 9.47. The van der Waals surface area contributed by atoms with Gasteiger partial charge in [0.1, 0.15) is 6.04 Å². The molecule has 1 aromatic carbocycles. The number of hydrogen-bond donors (Lipinski definition) is 1. The number of aryl methyl sites for hydroxylation is 1. The monoisotopic (exact) mass is 448 g/mol. The Morgan fingerprint density at radius 3 is 2.42 bits per heavy atom. The molecule has 0 bridgehead atoms. The summed E-state index contributed by atoms with van der Waals surface area (Å²) >= 11 is 0. The first-order valence-corrected chi connectivity index (χ1v) is 12.4. The van der Waals surface area contributed by atoms with Crippen LogP contribution in [0.4, 0.5) is 0 Å². The van der Waals surface area contributed by atoms with E-state index in [2.05, 4.69) is 4.98 Å². The van der Waals surface area contributed by atoms with Crippen LogP contribution in [-0.4, -0.2) is 39.6 Å². The molecule has 0 saturated carbocycles. The number of fused-ring (bicyclic) bond motifs is 1. The van der Waals surface area contributed by atoms with Crippen LogP contribution in [-0.2, 0) is 39.0 Å². The average molecular weight is 448 g/mol. The lowest BCUT2D eigenvalue weighted by Crippen LogP contribution is -2.22. The number of aromatic nitrogens is 2. The van der Waals surface area contributed by atoms with E-state index in [-0.39, 0.29) is 31.0 Å². The molecule has 3 rings (SSSR count). The number of carbonyl (C=O) groups excluding carboxylic acids is 1. The smallest absolute Gasteiger partial charge is 0.372 e. The van der Waals surface area contributed by atoms with Crippen LogP contribution in [0.3, 0.4) is 0 Å². The first-order chi connectivity index (χ1) is 14.8. The first kappa shape index (κ1) is 23.4. The highest BCUT2D eigenvalue weighted by Crippen LogP contribution is 2.52. The molecule has 1 unspecified atom stereocenters. The van der Waals surface area contributed by atoms with Crippen molar-refractivity contribution >= 4 is 19.3 Å². The third-order valence-electron chi connectivity index (χ3n) is 5.52. The van der Waals surface area contributed by atoms with E-state index >= 15 is 0 Å². The quantitative estimate of drug-likeness (QED) is 0.535. The molecule has 1 aliphatic carbocycles. The number of imidazole rings is 1. The van der Waals surface area contributed by atoms with Gasteiger partial charge in [-0.3, -0.25) is 9.36 Å². The van der Waals surface area contributed by atoms with Gasteiger partial charge in [-0.15, -0.1) is 0 Å². The molecule has 0 radical (unpaired) electrons. The van der Waals surface area contributed by atoms with Crippen LogP contribution < -0.4 is 0 Å². The van der Waals surface area contributed by atoms with Gasteiger partial charge in [0, 0.05) is 17.7 Å². The Bertz CT molecular complexity index is 1030. The molecule has 0 fully saturated rings. The van der Waals surface area contributed by atoms with Gasteiger partial charge in [0.25, 0.3) is 0 Å². The molecule has 31 heavy (non-hydrogen) atoms. The normalized spacial score (nSPS) is 16.0. The fourth-order valence-electron chi connectivity index (χ4n) is 4.32. The van der Waals surface area contributed by atoms with E-state index in [0.717, 1.165) is 16.8 Å². The Labute approximate surface area is 182 Å². The molecule has 1 N–H and O–H groups in total. The van der Waals surface area contributed by atoms with Crippen molar-refractivity contribution in [2.45, 2.75) is 59.2 Å². The third-order valence-corrected chi connectivity index (χ3v) is 7.55. The van der Waals surface area contributed by atoms with Crippen molar-refractivity contribution in [3.8, 4) is 0 Å². The Kier molecular flexibility index (Phi) is 7.14. The number of ketones is 1. The standard InChI is InChI=1S/C22H29N2O6P/c1-5-17-18(6-2)24(21(23-17)22(26)27)19-12-16-14(10-9-11-15(16)20(19)25)13-31(28,29-7-3)30-8-4/h9-11,19H,5-8,12-13H2,1-4H3,(H,26,27). The summed E-state index contributed by atoms with van der Waals surface area (Å²) in [5.74, 6) is -1.43. The van der Waals surface area contributed by atoms with E-state index in [1.807, 2.05) is 19.9 Å². The Morgan fingerprint density at radius 2 is 1.87 bits per heavy atom. The second-order valence-electron chi connectivity index (χ2n) is 7.34. The maximum Gasteiger partial charge on any atom is 0.372 e. The second-order valence-corrected chi connectivity index (χ2v) is 9.40. The topological polar surface area (TPSA) is 108 Å². The van der Waals surface area contributed by atoms with Crippen molar-refractivity contribution in [2.75, 3.05) is 13.2 Å². The number of benzene rings is 1. The zero-order valence-corrected chi connectivity index (χ0v) is 19.3. The Morgan fingerprint density at radius 1 is 1.19 bits per heavy atom. The number of nitrogens with zero attached hydrogens (tertiary/aromatic N) is 2. The summed E-state index contributed by atoms with van der Waals surface area (Å²) < 4.78 is 25.5. The minimum absolute atomic E-state index is 0.0639. The molecule has 1 atom stereocenters. The number of carboxylic acids is 1. The number of carbonyl (C=O) groups is 2. The molecule has 1 heterocycles. The van der Waals surface area contributed by atoms with Crippen LogP contribution in [0.15, 0.2) is 18.2 Å². The zero-order chi connectivity index (χ0) is 22.8. The molecule has 8 nitrogen and oxygen atoms in total. The molecular weight excluding hydrogens is 419 g/mol. The minimum Gasteiger partial charge on any atom is -0.475 e. The highest BCUT2D eigenvalue weighted by molar-refractivity contribution is 7.53. The summed E-state index contributed by atoms with van der Waals surface area (Å²) in [6, 6.07) is 4.62. The lowest BCUT2D eigenvalue weighted by Gasteiger charge is -2.19. The lowest BCUT2D eigenvalue weighted by atomic mass is 10.0. The number of Topliss-reactive ketones (excluding diaryl/α,β-unsaturated/α-hetero) is 1. The minimum atomic E-state index is -3.35. The van der Waals surface area contributed by atoms with E-state index < -0.39 is 19.6 Å². The zero-order valence-electron chi connectivity index (χ0n) is 18.4. The number of aromatic carboxylic acids is 1. The van der Waals surface area contributed by atoms with Gasteiger partial charge in [0.2, 0.25) is 5.82 Å². The fourth-order valence-corrected chi connectivity index (χ4v) is 6.07. The maximum atomic E-state index is 13.3. The molecule has 0 saturated heterocycles. The van der Waals surface area contributed by atoms with Gasteiger partial charge in [0.05, 0.1) is 25.1 Å². The summed E-state index contributed by atoms with van der Waals surface area (Å²) in [7, 11) is -3.35. The van der Waals surface area contributed by atoms with Gasteiger partial charge in [-0.25, -0.2) is 9.78 Å². The van der Waals surface area contributed by atoms with E-state index in [4.69, 9.17) is 9.05 Å². The molecule has 9 heteroatoms. The van der Waals surface area contributed by atoms with Crippen molar-refractivity contribution in [1.29, 1.82) is 0 Å². The summed E-state index contributed by atoms with van der Waals surface area (Å²) in [6.07, 6.45) is 1.53. The number of hydrogen-bond acceptors (Lipinski definition) is 6. The third kappa shape index (κ3) is 4.38. The molecule has 2 aromatic rings. The van der Waals surface area contributed by atoms with E-state index in [9.17, 15) is 19.3 Å². The number of rotatable bonds is 10. The molecule has 0 aliphatic heterocycles. The van der Waals surface area contributed by atoms with Gasteiger partial charge in [0.15, 0.2) is 5.78 Å². The van der Waals surface area contributed by atoms with Crippen LogP contribution in [0.2, 0.25) is 0 Å². The van der Waals surface area contributed by atoms with E-state index in [1.165, 1.54) is 0 Å². The lowest BCUT2D eigenvalue weighted by molar-refractivity contribution is 0.0674.